The summed E-state index contributed by atoms with van der Waals surface area (Å²) in [7, 11) is -5.14. The Morgan fingerprint density at radius 2 is 2.13 bits per heavy atom. The maximum absolute atomic E-state index is 14.5. The number of amides is 2. The van der Waals surface area contributed by atoms with Crippen LogP contribution in [0, 0.1) is 0 Å². The molecule has 0 aromatic carbocycles. The van der Waals surface area contributed by atoms with E-state index in [0.717, 1.165) is 16.2 Å². The Labute approximate surface area is 156 Å². The van der Waals surface area contributed by atoms with E-state index < -0.39 is 39.4 Å². The van der Waals surface area contributed by atoms with Crippen molar-refractivity contribution in [3.05, 3.63) is 16.6 Å². The summed E-state index contributed by atoms with van der Waals surface area (Å²) < 4.78 is 65.0. The van der Waals surface area contributed by atoms with Gasteiger partial charge in [-0.15, -0.1) is 11.3 Å². The molecule has 2 bridgehead atoms. The number of carbonyl (C=O) groups excluding carboxylic acids is 1. The van der Waals surface area contributed by atoms with E-state index in [1.807, 2.05) is 0 Å². The van der Waals surface area contributed by atoms with E-state index in [-0.39, 0.29) is 48.9 Å². The van der Waals surface area contributed by atoms with Gasteiger partial charge in [0.15, 0.2) is 5.01 Å². The molecule has 23 heavy (non-hydrogen) atoms. The van der Waals surface area contributed by atoms with Crippen molar-refractivity contribution in [1.82, 2.24) is 14.9 Å². The van der Waals surface area contributed by atoms with Crippen LogP contribution in [0.2, 0.25) is 0 Å². The number of hydrogen-bond donors (Lipinski definition) is 0. The molecule has 13 heteroatoms. The number of aromatic nitrogens is 1. The second-order valence-corrected chi connectivity index (χ2v) is 6.81. The topological polar surface area (TPSA) is 103 Å². The van der Waals surface area contributed by atoms with E-state index in [2.05, 4.69) is 9.27 Å². The van der Waals surface area contributed by atoms with Crippen LogP contribution in [0.5, 0.6) is 0 Å². The Balaban J connectivity index is 0.00000192. The van der Waals surface area contributed by atoms with Gasteiger partial charge in [0, 0.05) is 18.1 Å². The summed E-state index contributed by atoms with van der Waals surface area (Å²) in [6, 6.07) is -3.24. The quantitative estimate of drug-likeness (QED) is 0.338. The third-order valence-electron chi connectivity index (χ3n) is 3.63. The Morgan fingerprint density at radius 1 is 1.43 bits per heavy atom. The normalized spacial score (nSPS) is 24.7. The molecular weight excluding hydrogens is 367 g/mol. The average molecular weight is 377 g/mol. The van der Waals surface area contributed by atoms with Gasteiger partial charge in [-0.25, -0.2) is 18.2 Å². The third kappa shape index (κ3) is 3.52. The zero-order chi connectivity index (χ0) is 16.1. The van der Waals surface area contributed by atoms with Crippen LogP contribution in [0.3, 0.4) is 0 Å². The van der Waals surface area contributed by atoms with Crippen molar-refractivity contribution in [2.75, 3.05) is 6.54 Å². The monoisotopic (exact) mass is 377 g/mol. The molecule has 8 nitrogen and oxygen atoms in total. The molecule has 1 aromatic rings. The standard InChI is InChI=1S/C10H11F2N3O5S2.Na/c11-10(12,8-13-3-4-21-8)7-2-1-6-5-14(7)9(16)15(6)20-22(17,18)19;/h3-4,6-7H,1-2,5H2,(H,17,18,19);/q;+1/p-1/t6-,7+;/m1./s1. The van der Waals surface area contributed by atoms with E-state index in [4.69, 9.17) is 0 Å². The third-order valence-corrected chi connectivity index (χ3v) is 4.83. The van der Waals surface area contributed by atoms with Crippen LogP contribution in [0.25, 0.3) is 0 Å². The molecule has 0 saturated carbocycles. The molecule has 2 aliphatic rings. The largest absolute Gasteiger partial charge is 1.00 e. The summed E-state index contributed by atoms with van der Waals surface area (Å²) in [5.41, 5.74) is 0. The minimum Gasteiger partial charge on any atom is -0.724 e. The summed E-state index contributed by atoms with van der Waals surface area (Å²) >= 11 is 0.772. The van der Waals surface area contributed by atoms with E-state index in [1.165, 1.54) is 11.6 Å². The van der Waals surface area contributed by atoms with Gasteiger partial charge in [-0.05, 0) is 12.8 Å². The number of rotatable bonds is 4. The molecule has 2 fully saturated rings. The van der Waals surface area contributed by atoms with Gasteiger partial charge in [0.1, 0.15) is 6.04 Å². The number of piperidine rings is 1. The molecule has 2 amide bonds. The second kappa shape index (κ2) is 6.50. The minimum absolute atomic E-state index is 0. The number of nitrogens with zero attached hydrogens (tertiary/aromatic N) is 3. The van der Waals surface area contributed by atoms with Gasteiger partial charge in [-0.1, -0.05) is 0 Å². The van der Waals surface area contributed by atoms with Crippen molar-refractivity contribution in [3.8, 4) is 0 Å². The van der Waals surface area contributed by atoms with Crippen LogP contribution in [0.15, 0.2) is 11.6 Å². The molecule has 3 heterocycles. The van der Waals surface area contributed by atoms with Crippen molar-refractivity contribution in [3.63, 3.8) is 0 Å². The van der Waals surface area contributed by atoms with Crippen LogP contribution in [-0.2, 0) is 20.6 Å². The summed E-state index contributed by atoms with van der Waals surface area (Å²) in [4.78, 5) is 16.5. The molecule has 2 atom stereocenters. The first-order valence-electron chi connectivity index (χ1n) is 6.23. The van der Waals surface area contributed by atoms with Gasteiger partial charge in [0.25, 0.3) is 0 Å². The van der Waals surface area contributed by atoms with Crippen LogP contribution in [-0.4, -0.2) is 52.6 Å². The second-order valence-electron chi connectivity index (χ2n) is 4.95. The molecular formula is C10H10F2N3NaO5S2. The average Bonchev–Trinajstić information content (AvgIpc) is 3.03. The number of carbonyl (C=O) groups is 1. The Hall–Kier alpha value is -0.370. The molecule has 1 aromatic heterocycles. The Morgan fingerprint density at radius 3 is 2.70 bits per heavy atom. The SMILES string of the molecule is O=C1N2C[C@@H](CC[C@H]2C(F)(F)c2nccs2)N1OS(=O)(=O)[O-].[Na+]. The number of halogens is 2. The Kier molecular flexibility index (Phi) is 5.36. The summed E-state index contributed by atoms with van der Waals surface area (Å²) in [5, 5.41) is 1.36. The fourth-order valence-electron chi connectivity index (χ4n) is 2.74. The van der Waals surface area contributed by atoms with Gasteiger partial charge < -0.3 is 9.45 Å². The van der Waals surface area contributed by atoms with Gasteiger partial charge in [0.05, 0.1) is 6.04 Å². The fraction of sp³-hybridized carbons (Fsp3) is 0.600. The van der Waals surface area contributed by atoms with Crippen LogP contribution in [0.1, 0.15) is 17.8 Å². The van der Waals surface area contributed by atoms with Crippen molar-refractivity contribution in [2.24, 2.45) is 0 Å². The number of fused-ring (bicyclic) bond motifs is 2. The molecule has 0 spiro atoms. The number of hydrogen-bond acceptors (Lipinski definition) is 7. The molecule has 3 rings (SSSR count). The molecule has 0 radical (unpaired) electrons. The first-order chi connectivity index (χ1) is 10.2. The maximum Gasteiger partial charge on any atom is 1.00 e. The van der Waals surface area contributed by atoms with Crippen molar-refractivity contribution >= 4 is 27.8 Å². The summed E-state index contributed by atoms with van der Waals surface area (Å²) in [5.74, 6) is -3.36. The van der Waals surface area contributed by atoms with Crippen molar-refractivity contribution < 1.29 is 60.4 Å². The molecule has 122 valence electrons. The van der Waals surface area contributed by atoms with Crippen LogP contribution >= 0.6 is 11.3 Å². The number of hydroxylamine groups is 2. The van der Waals surface area contributed by atoms with Crippen molar-refractivity contribution in [2.45, 2.75) is 30.8 Å². The maximum atomic E-state index is 14.5. The van der Waals surface area contributed by atoms with E-state index in [9.17, 15) is 26.5 Å². The van der Waals surface area contributed by atoms with Gasteiger partial charge in [-0.3, -0.25) is 0 Å². The van der Waals surface area contributed by atoms with E-state index >= 15 is 0 Å². The van der Waals surface area contributed by atoms with E-state index in [0.29, 0.717) is 5.06 Å². The smallest absolute Gasteiger partial charge is 0.724 e. The first-order valence-corrected chi connectivity index (χ1v) is 8.44. The predicted octanol–water partition coefficient (Wildman–Crippen LogP) is -2.10. The first kappa shape index (κ1) is 19.0. The molecule has 2 aliphatic heterocycles. The fourth-order valence-corrected chi connectivity index (χ4v) is 3.78. The molecule has 0 N–H and O–H groups in total. The Bertz CT molecular complexity index is 687. The van der Waals surface area contributed by atoms with Crippen molar-refractivity contribution in [1.29, 1.82) is 0 Å². The predicted molar refractivity (Wildman–Crippen MR) is 67.5 cm³/mol. The van der Waals surface area contributed by atoms with Crippen LogP contribution in [0.4, 0.5) is 13.6 Å². The summed E-state index contributed by atoms with van der Waals surface area (Å²) in [6.07, 6.45) is 1.29. The summed E-state index contributed by atoms with van der Waals surface area (Å²) in [6.45, 7) is -0.125. The van der Waals surface area contributed by atoms with Crippen LogP contribution < -0.4 is 29.6 Å². The van der Waals surface area contributed by atoms with Gasteiger partial charge in [-0.2, -0.15) is 18.1 Å². The zero-order valence-corrected chi connectivity index (χ0v) is 15.5. The molecule has 0 unspecified atom stereocenters. The van der Waals surface area contributed by atoms with Gasteiger partial charge >= 0.3 is 41.5 Å². The van der Waals surface area contributed by atoms with Gasteiger partial charge in [0.2, 0.25) is 10.4 Å². The van der Waals surface area contributed by atoms with E-state index in [1.54, 1.807) is 0 Å². The minimum atomic E-state index is -5.14. The zero-order valence-electron chi connectivity index (χ0n) is 11.9. The molecule has 0 aliphatic carbocycles. The number of thiazole rings is 1. The molecule has 2 saturated heterocycles. The number of alkyl halides is 2. The number of urea groups is 1.